The van der Waals surface area contributed by atoms with Gasteiger partial charge < -0.3 is 15.4 Å². The van der Waals surface area contributed by atoms with Crippen molar-refractivity contribution in [2.24, 2.45) is 0 Å². The molecule has 0 bridgehead atoms. The number of likely N-dealkylation sites (N-methyl/N-ethyl adjacent to an activating group) is 1. The zero-order valence-electron chi connectivity index (χ0n) is 4.27. The minimum atomic E-state index is -1.82. The van der Waals surface area contributed by atoms with Gasteiger partial charge in [-0.1, -0.05) is 0 Å². The first-order valence-corrected chi connectivity index (χ1v) is 1.88. The predicted octanol–water partition coefficient (Wildman–Crippen LogP) is -1.29. The average molecular weight is 121 g/mol. The second-order valence-electron chi connectivity index (χ2n) is 1.29. The van der Waals surface area contributed by atoms with Gasteiger partial charge in [0.25, 0.3) is 0 Å². The Morgan fingerprint density at radius 1 is 1.75 bits per heavy atom. The smallest absolute Gasteiger partial charge is 0.350 e. The van der Waals surface area contributed by atoms with Crippen molar-refractivity contribution < 1.29 is 20.2 Å². The molecule has 0 aromatic heterocycles. The fourth-order valence-corrected chi connectivity index (χ4v) is 0.160. The zero-order valence-corrected chi connectivity index (χ0v) is 4.27. The lowest BCUT2D eigenvalue weighted by molar-refractivity contribution is -0.200. The highest BCUT2D eigenvalue weighted by Gasteiger charge is 2.15. The van der Waals surface area contributed by atoms with Crippen molar-refractivity contribution in [1.82, 2.24) is 5.06 Å². The lowest BCUT2D eigenvalue weighted by atomic mass is 10.6. The van der Waals surface area contributed by atoms with Crippen LogP contribution in [0.1, 0.15) is 0 Å². The number of hydrogen-bond donors (Lipinski definition) is 3. The van der Waals surface area contributed by atoms with Crippen LogP contribution >= 0.6 is 0 Å². The van der Waals surface area contributed by atoms with Crippen molar-refractivity contribution in [2.45, 2.75) is 6.23 Å². The molecular formula is C3H7NO4. The van der Waals surface area contributed by atoms with Crippen molar-refractivity contribution in [3.8, 4) is 0 Å². The molecule has 0 spiro atoms. The zero-order chi connectivity index (χ0) is 6.73. The second kappa shape index (κ2) is 2.61. The summed E-state index contributed by atoms with van der Waals surface area (Å²) in [7, 11) is 1.04. The summed E-state index contributed by atoms with van der Waals surface area (Å²) in [4.78, 5) is 9.69. The number of hydrogen-bond acceptors (Lipinski definition) is 4. The molecule has 5 heteroatoms. The van der Waals surface area contributed by atoms with Crippen LogP contribution in [0.25, 0.3) is 0 Å². The second-order valence-corrected chi connectivity index (χ2v) is 1.29. The predicted molar refractivity (Wildman–Crippen MR) is 23.2 cm³/mol. The first-order chi connectivity index (χ1) is 3.55. The Hall–Kier alpha value is -0.650. The highest BCUT2D eigenvalue weighted by Crippen LogP contribution is 1.83. The fourth-order valence-electron chi connectivity index (χ4n) is 0.160. The summed E-state index contributed by atoms with van der Waals surface area (Å²) in [5.74, 6) is -1.48. The van der Waals surface area contributed by atoms with E-state index < -0.39 is 12.2 Å². The Balaban J connectivity index is 3.64. The molecule has 0 saturated carbocycles. The van der Waals surface area contributed by atoms with Crippen LogP contribution in [-0.2, 0) is 4.79 Å². The van der Waals surface area contributed by atoms with Gasteiger partial charge in [-0.3, -0.25) is 0 Å². The van der Waals surface area contributed by atoms with Gasteiger partial charge in [-0.2, -0.15) is 5.06 Å². The molecule has 0 aliphatic carbocycles. The molecule has 0 aliphatic heterocycles. The van der Waals surface area contributed by atoms with Crippen LogP contribution in [0.2, 0.25) is 0 Å². The van der Waals surface area contributed by atoms with Crippen molar-refractivity contribution >= 4 is 5.97 Å². The van der Waals surface area contributed by atoms with Crippen LogP contribution < -0.4 is 0 Å². The Labute approximate surface area is 45.7 Å². The summed E-state index contributed by atoms with van der Waals surface area (Å²) < 4.78 is 0. The normalized spacial score (nSPS) is 14.0. The van der Waals surface area contributed by atoms with Crippen LogP contribution in [0.15, 0.2) is 0 Å². The van der Waals surface area contributed by atoms with Gasteiger partial charge in [0, 0.05) is 7.05 Å². The quantitative estimate of drug-likeness (QED) is 0.313. The van der Waals surface area contributed by atoms with E-state index in [1.807, 2.05) is 0 Å². The lowest BCUT2D eigenvalue weighted by Gasteiger charge is -2.09. The standard InChI is InChI=1S/C3H7NO4/c1-4(8)2(5)3(6)7/h2,5,8H,1H3,(H,6,7). The third-order valence-corrected chi connectivity index (χ3v) is 0.575. The lowest BCUT2D eigenvalue weighted by Crippen LogP contribution is -2.35. The summed E-state index contributed by atoms with van der Waals surface area (Å²) in [6.45, 7) is 0. The molecule has 0 rings (SSSR count). The highest BCUT2D eigenvalue weighted by molar-refractivity contribution is 5.71. The van der Waals surface area contributed by atoms with Gasteiger partial charge in [-0.25, -0.2) is 4.79 Å². The third kappa shape index (κ3) is 1.87. The molecule has 0 amide bonds. The van der Waals surface area contributed by atoms with E-state index in [0.717, 1.165) is 7.05 Å². The number of aliphatic carboxylic acids is 1. The monoisotopic (exact) mass is 121 g/mol. The van der Waals surface area contributed by atoms with E-state index in [-0.39, 0.29) is 5.06 Å². The van der Waals surface area contributed by atoms with Crippen LogP contribution in [0.3, 0.4) is 0 Å². The van der Waals surface area contributed by atoms with Crippen molar-refractivity contribution in [3.63, 3.8) is 0 Å². The summed E-state index contributed by atoms with van der Waals surface area (Å²) in [5, 5.41) is 24.6. The number of carbonyl (C=O) groups is 1. The molecule has 1 unspecified atom stereocenters. The van der Waals surface area contributed by atoms with Crippen LogP contribution in [0.5, 0.6) is 0 Å². The van der Waals surface area contributed by atoms with Gasteiger partial charge in [-0.15, -0.1) is 0 Å². The number of rotatable bonds is 2. The van der Waals surface area contributed by atoms with E-state index in [4.69, 9.17) is 15.4 Å². The van der Waals surface area contributed by atoms with Crippen molar-refractivity contribution in [3.05, 3.63) is 0 Å². The Bertz CT molecular complexity index is 91.3. The molecule has 8 heavy (non-hydrogen) atoms. The molecule has 0 radical (unpaired) electrons. The van der Waals surface area contributed by atoms with E-state index in [2.05, 4.69) is 0 Å². The van der Waals surface area contributed by atoms with Crippen molar-refractivity contribution in [2.75, 3.05) is 7.05 Å². The number of carboxylic acids is 1. The largest absolute Gasteiger partial charge is 0.478 e. The molecule has 0 aromatic rings. The summed E-state index contributed by atoms with van der Waals surface area (Å²) in [6, 6.07) is 0. The molecule has 0 fully saturated rings. The van der Waals surface area contributed by atoms with Gasteiger partial charge in [0.05, 0.1) is 0 Å². The Kier molecular flexibility index (Phi) is 2.40. The third-order valence-electron chi connectivity index (χ3n) is 0.575. The molecule has 0 saturated heterocycles. The molecule has 0 aromatic carbocycles. The van der Waals surface area contributed by atoms with E-state index in [0.29, 0.717) is 0 Å². The molecular weight excluding hydrogens is 114 g/mol. The fraction of sp³-hybridized carbons (Fsp3) is 0.667. The number of carboxylic acid groups (broad SMARTS) is 1. The molecule has 48 valence electrons. The summed E-state index contributed by atoms with van der Waals surface area (Å²) in [5.41, 5.74) is 0. The SMILES string of the molecule is CN(O)C(O)C(=O)O. The van der Waals surface area contributed by atoms with E-state index in [1.165, 1.54) is 0 Å². The number of aliphatic hydroxyl groups is 1. The number of hydroxylamine groups is 2. The number of nitrogens with zero attached hydrogens (tertiary/aromatic N) is 1. The van der Waals surface area contributed by atoms with Gasteiger partial charge in [-0.05, 0) is 0 Å². The first kappa shape index (κ1) is 7.35. The number of aliphatic hydroxyl groups excluding tert-OH is 1. The molecule has 0 heterocycles. The maximum absolute atomic E-state index is 9.69. The van der Waals surface area contributed by atoms with E-state index >= 15 is 0 Å². The average Bonchev–Trinajstić information content (AvgIpc) is 1.64. The van der Waals surface area contributed by atoms with Crippen LogP contribution in [0.4, 0.5) is 0 Å². The maximum Gasteiger partial charge on any atom is 0.350 e. The molecule has 1 atom stereocenters. The van der Waals surface area contributed by atoms with Gasteiger partial charge in [0.15, 0.2) is 0 Å². The summed E-state index contributed by atoms with van der Waals surface area (Å²) in [6.07, 6.45) is -1.82. The molecule has 0 aliphatic rings. The van der Waals surface area contributed by atoms with Gasteiger partial charge >= 0.3 is 5.97 Å². The highest BCUT2D eigenvalue weighted by atomic mass is 16.5. The van der Waals surface area contributed by atoms with Crippen LogP contribution in [-0.4, -0.2) is 39.7 Å². The first-order valence-electron chi connectivity index (χ1n) is 1.88. The Morgan fingerprint density at radius 3 is 2.12 bits per heavy atom. The molecule has 5 nitrogen and oxygen atoms in total. The molecule has 3 N–H and O–H groups in total. The van der Waals surface area contributed by atoms with Crippen LogP contribution in [0, 0.1) is 0 Å². The van der Waals surface area contributed by atoms with Gasteiger partial charge in [0.1, 0.15) is 0 Å². The van der Waals surface area contributed by atoms with Gasteiger partial charge in [0.2, 0.25) is 6.23 Å². The van der Waals surface area contributed by atoms with E-state index in [9.17, 15) is 4.79 Å². The minimum Gasteiger partial charge on any atom is -0.478 e. The summed E-state index contributed by atoms with van der Waals surface area (Å²) >= 11 is 0. The Morgan fingerprint density at radius 2 is 2.12 bits per heavy atom. The van der Waals surface area contributed by atoms with Crippen molar-refractivity contribution in [1.29, 1.82) is 0 Å². The van der Waals surface area contributed by atoms with E-state index in [1.54, 1.807) is 0 Å². The maximum atomic E-state index is 9.69. The topological polar surface area (TPSA) is 81.0 Å². The minimum absolute atomic E-state index is 0.197.